The van der Waals surface area contributed by atoms with Crippen molar-refractivity contribution in [3.05, 3.63) is 59.0 Å². The van der Waals surface area contributed by atoms with Crippen LogP contribution >= 0.6 is 0 Å². The second kappa shape index (κ2) is 9.38. The molecule has 0 bridgehead atoms. The van der Waals surface area contributed by atoms with Gasteiger partial charge in [0.25, 0.3) is 0 Å². The molecular formula is C19H22F4N4O. The van der Waals surface area contributed by atoms with Gasteiger partial charge in [0, 0.05) is 32.4 Å². The molecule has 0 aliphatic heterocycles. The molecule has 28 heavy (non-hydrogen) atoms. The molecule has 1 aromatic carbocycles. The van der Waals surface area contributed by atoms with E-state index in [1.54, 1.807) is 12.3 Å². The molecular weight excluding hydrogens is 376 g/mol. The van der Waals surface area contributed by atoms with E-state index in [2.05, 4.69) is 20.6 Å². The van der Waals surface area contributed by atoms with Crippen LogP contribution in [-0.4, -0.2) is 24.1 Å². The Morgan fingerprint density at radius 2 is 1.86 bits per heavy atom. The van der Waals surface area contributed by atoms with Crippen LogP contribution in [0.3, 0.4) is 0 Å². The molecule has 9 heteroatoms. The summed E-state index contributed by atoms with van der Waals surface area (Å²) in [6.07, 6.45) is -2.98. The quantitative estimate of drug-likeness (QED) is 0.440. The highest BCUT2D eigenvalue weighted by atomic mass is 19.4. The molecule has 0 aliphatic rings. The Bertz CT molecular complexity index is 805. The van der Waals surface area contributed by atoms with Gasteiger partial charge in [-0.25, -0.2) is 9.37 Å². The van der Waals surface area contributed by atoms with Crippen molar-refractivity contribution in [1.29, 1.82) is 0 Å². The third-order valence-corrected chi connectivity index (χ3v) is 3.66. The minimum atomic E-state index is -4.64. The molecule has 2 rings (SSSR count). The summed E-state index contributed by atoms with van der Waals surface area (Å²) >= 11 is 0. The molecule has 0 saturated carbocycles. The topological polar surface area (TPSA) is 58.5 Å². The number of benzene rings is 1. The minimum absolute atomic E-state index is 0.0209. The summed E-state index contributed by atoms with van der Waals surface area (Å²) in [5, 5.41) is 5.79. The molecule has 1 heterocycles. The number of aliphatic imine (C=N–C) groups is 1. The monoisotopic (exact) mass is 398 g/mol. The van der Waals surface area contributed by atoms with Crippen LogP contribution in [0.2, 0.25) is 0 Å². The fraction of sp³-hybridized carbons (Fsp3) is 0.368. The molecule has 0 unspecified atom stereocenters. The Hall–Kier alpha value is -2.84. The second-order valence-corrected chi connectivity index (χ2v) is 6.25. The predicted molar refractivity (Wildman–Crippen MR) is 98.4 cm³/mol. The number of hydrogen-bond donors (Lipinski definition) is 2. The number of nitrogens with one attached hydrogen (secondary N) is 2. The molecule has 2 aromatic rings. The fourth-order valence-electron chi connectivity index (χ4n) is 2.38. The van der Waals surface area contributed by atoms with E-state index < -0.39 is 17.6 Å². The van der Waals surface area contributed by atoms with E-state index in [0.717, 1.165) is 17.7 Å². The Kier molecular flexibility index (Phi) is 7.19. The van der Waals surface area contributed by atoms with Crippen LogP contribution in [0.25, 0.3) is 0 Å². The van der Waals surface area contributed by atoms with Crippen LogP contribution in [0, 0.1) is 5.82 Å². The molecule has 1 aromatic heterocycles. The largest absolute Gasteiger partial charge is 0.475 e. The lowest BCUT2D eigenvalue weighted by atomic mass is 10.1. The SMILES string of the molecule is CN=C(NCc1ccc(OC(C)C)nc1)NCc1ccc(F)cc1C(F)(F)F. The third kappa shape index (κ3) is 6.40. The minimum Gasteiger partial charge on any atom is -0.475 e. The number of alkyl halides is 3. The van der Waals surface area contributed by atoms with Gasteiger partial charge in [-0.05, 0) is 37.1 Å². The first-order valence-corrected chi connectivity index (χ1v) is 8.60. The van der Waals surface area contributed by atoms with Gasteiger partial charge in [-0.1, -0.05) is 12.1 Å². The summed E-state index contributed by atoms with van der Waals surface area (Å²) in [4.78, 5) is 8.16. The molecule has 2 N–H and O–H groups in total. The lowest BCUT2D eigenvalue weighted by molar-refractivity contribution is -0.138. The van der Waals surface area contributed by atoms with Gasteiger partial charge in [-0.2, -0.15) is 13.2 Å². The van der Waals surface area contributed by atoms with Crippen molar-refractivity contribution < 1.29 is 22.3 Å². The zero-order valence-corrected chi connectivity index (χ0v) is 15.8. The molecule has 5 nitrogen and oxygen atoms in total. The highest BCUT2D eigenvalue weighted by Crippen LogP contribution is 2.32. The highest BCUT2D eigenvalue weighted by Gasteiger charge is 2.33. The molecule has 0 atom stereocenters. The van der Waals surface area contributed by atoms with Gasteiger partial charge >= 0.3 is 6.18 Å². The van der Waals surface area contributed by atoms with Crippen LogP contribution in [-0.2, 0) is 19.3 Å². The zero-order valence-electron chi connectivity index (χ0n) is 15.8. The maximum atomic E-state index is 13.2. The molecule has 0 spiro atoms. The first-order chi connectivity index (χ1) is 13.2. The van der Waals surface area contributed by atoms with Crippen LogP contribution in [0.15, 0.2) is 41.5 Å². The number of aromatic nitrogens is 1. The summed E-state index contributed by atoms with van der Waals surface area (Å²) in [7, 11) is 1.50. The Balaban J connectivity index is 1.95. The zero-order chi connectivity index (χ0) is 20.7. The maximum absolute atomic E-state index is 13.2. The van der Waals surface area contributed by atoms with Gasteiger partial charge in [-0.15, -0.1) is 0 Å². The maximum Gasteiger partial charge on any atom is 0.416 e. The standard InChI is InChI=1S/C19H22F4N4O/c1-12(2)28-17-7-4-13(9-25-17)10-26-18(24-3)27-11-14-5-6-15(20)8-16(14)19(21,22)23/h4-9,12H,10-11H2,1-3H3,(H2,24,26,27). The van der Waals surface area contributed by atoms with E-state index in [4.69, 9.17) is 4.74 Å². The number of hydrogen-bond acceptors (Lipinski definition) is 3. The normalized spacial score (nSPS) is 12.2. The lowest BCUT2D eigenvalue weighted by Gasteiger charge is -2.16. The summed E-state index contributed by atoms with van der Waals surface area (Å²) in [5.74, 6) is -0.117. The molecule has 0 fully saturated rings. The van der Waals surface area contributed by atoms with E-state index in [1.165, 1.54) is 7.05 Å². The first kappa shape index (κ1) is 21.5. The highest BCUT2D eigenvalue weighted by molar-refractivity contribution is 5.79. The molecule has 152 valence electrons. The van der Waals surface area contributed by atoms with Gasteiger partial charge in [0.1, 0.15) is 5.82 Å². The number of guanidine groups is 1. The van der Waals surface area contributed by atoms with Crippen LogP contribution in [0.1, 0.15) is 30.5 Å². The lowest BCUT2D eigenvalue weighted by Crippen LogP contribution is -2.36. The third-order valence-electron chi connectivity index (χ3n) is 3.66. The van der Waals surface area contributed by atoms with E-state index in [9.17, 15) is 17.6 Å². The predicted octanol–water partition coefficient (Wildman–Crippen LogP) is 3.89. The Morgan fingerprint density at radius 3 is 2.43 bits per heavy atom. The number of halogens is 4. The van der Waals surface area contributed by atoms with Crippen molar-refractivity contribution in [3.63, 3.8) is 0 Å². The Labute approximate surface area is 160 Å². The molecule has 0 amide bonds. The van der Waals surface area contributed by atoms with Crippen molar-refractivity contribution in [1.82, 2.24) is 15.6 Å². The van der Waals surface area contributed by atoms with Gasteiger partial charge in [0.2, 0.25) is 5.88 Å². The Morgan fingerprint density at radius 1 is 1.14 bits per heavy atom. The molecule has 0 aliphatic carbocycles. The average Bonchev–Trinajstić information content (AvgIpc) is 2.62. The van der Waals surface area contributed by atoms with E-state index in [-0.39, 0.29) is 18.2 Å². The summed E-state index contributed by atoms with van der Waals surface area (Å²) in [6.45, 7) is 4.01. The fourth-order valence-corrected chi connectivity index (χ4v) is 2.38. The van der Waals surface area contributed by atoms with Gasteiger partial charge in [0.05, 0.1) is 11.7 Å². The van der Waals surface area contributed by atoms with Crippen molar-refractivity contribution >= 4 is 5.96 Å². The number of pyridine rings is 1. The van der Waals surface area contributed by atoms with Crippen LogP contribution in [0.4, 0.5) is 17.6 Å². The summed E-state index contributed by atoms with van der Waals surface area (Å²) < 4.78 is 57.8. The summed E-state index contributed by atoms with van der Waals surface area (Å²) in [6, 6.07) is 6.15. The number of ether oxygens (including phenoxy) is 1. The van der Waals surface area contributed by atoms with E-state index in [0.29, 0.717) is 24.5 Å². The van der Waals surface area contributed by atoms with Gasteiger partial charge in [-0.3, -0.25) is 4.99 Å². The van der Waals surface area contributed by atoms with Gasteiger partial charge < -0.3 is 15.4 Å². The van der Waals surface area contributed by atoms with Crippen LogP contribution < -0.4 is 15.4 Å². The second-order valence-electron chi connectivity index (χ2n) is 6.25. The van der Waals surface area contributed by atoms with Crippen LogP contribution in [0.5, 0.6) is 5.88 Å². The number of rotatable bonds is 6. The number of nitrogens with zero attached hydrogens (tertiary/aromatic N) is 2. The van der Waals surface area contributed by atoms with Gasteiger partial charge in [0.15, 0.2) is 5.96 Å². The smallest absolute Gasteiger partial charge is 0.416 e. The van der Waals surface area contributed by atoms with Crippen molar-refractivity contribution in [2.24, 2.45) is 4.99 Å². The van der Waals surface area contributed by atoms with Crippen molar-refractivity contribution in [2.75, 3.05) is 7.05 Å². The summed E-state index contributed by atoms with van der Waals surface area (Å²) in [5.41, 5.74) is -0.245. The first-order valence-electron chi connectivity index (χ1n) is 8.60. The molecule has 0 radical (unpaired) electrons. The average molecular weight is 398 g/mol. The van der Waals surface area contributed by atoms with Crippen molar-refractivity contribution in [2.45, 2.75) is 39.2 Å². The van der Waals surface area contributed by atoms with Crippen molar-refractivity contribution in [3.8, 4) is 5.88 Å². The van der Waals surface area contributed by atoms with E-state index >= 15 is 0 Å². The molecule has 0 saturated heterocycles. The van der Waals surface area contributed by atoms with E-state index in [1.807, 2.05) is 19.9 Å².